The third-order valence-electron chi connectivity index (χ3n) is 4.27. The molecule has 0 radical (unpaired) electrons. The van der Waals surface area contributed by atoms with Crippen molar-refractivity contribution in [2.45, 2.75) is 23.9 Å². The molecule has 0 spiro atoms. The van der Waals surface area contributed by atoms with Crippen LogP contribution < -0.4 is 0 Å². The Kier molecular flexibility index (Phi) is 4.57. The van der Waals surface area contributed by atoms with Gasteiger partial charge in [0.05, 0.1) is 17.6 Å². The summed E-state index contributed by atoms with van der Waals surface area (Å²) in [6.45, 7) is 0.0536. The summed E-state index contributed by atoms with van der Waals surface area (Å²) in [6, 6.07) is 14.3. The molecule has 25 heavy (non-hydrogen) atoms. The summed E-state index contributed by atoms with van der Waals surface area (Å²) in [5, 5.41) is 9.23. The van der Waals surface area contributed by atoms with Crippen molar-refractivity contribution in [3.05, 3.63) is 65.2 Å². The molecule has 0 aromatic heterocycles. The van der Waals surface area contributed by atoms with Crippen LogP contribution in [-0.4, -0.2) is 31.8 Å². The van der Waals surface area contributed by atoms with Crippen LogP contribution in [0.3, 0.4) is 0 Å². The minimum atomic E-state index is -4.04. The third kappa shape index (κ3) is 3.02. The Hall–Kier alpha value is -2.69. The summed E-state index contributed by atoms with van der Waals surface area (Å²) in [7, 11) is -2.81. The van der Waals surface area contributed by atoms with E-state index in [1.54, 1.807) is 12.1 Å². The van der Waals surface area contributed by atoms with Gasteiger partial charge in [-0.05, 0) is 23.3 Å². The van der Waals surface area contributed by atoms with Gasteiger partial charge < -0.3 is 4.74 Å². The van der Waals surface area contributed by atoms with Gasteiger partial charge in [0, 0.05) is 13.0 Å². The maximum atomic E-state index is 13.2. The van der Waals surface area contributed by atoms with Crippen molar-refractivity contribution in [1.82, 2.24) is 4.31 Å². The molecule has 7 heteroatoms. The highest BCUT2D eigenvalue weighted by molar-refractivity contribution is 7.89. The van der Waals surface area contributed by atoms with E-state index in [1.807, 2.05) is 30.3 Å². The van der Waals surface area contributed by atoms with Gasteiger partial charge in [0.1, 0.15) is 12.1 Å². The molecule has 0 N–H and O–H groups in total. The van der Waals surface area contributed by atoms with Crippen LogP contribution in [0.25, 0.3) is 0 Å². The Balaban J connectivity index is 2.12. The maximum absolute atomic E-state index is 13.2. The smallest absolute Gasteiger partial charge is 0.324 e. The van der Waals surface area contributed by atoms with Crippen molar-refractivity contribution in [3.8, 4) is 6.07 Å². The number of fused-ring (bicyclic) bond motifs is 1. The quantitative estimate of drug-likeness (QED) is 0.783. The monoisotopic (exact) mass is 356 g/mol. The number of methoxy groups -OCH3 is 1. The third-order valence-corrected chi connectivity index (χ3v) is 6.19. The van der Waals surface area contributed by atoms with E-state index in [-0.39, 0.29) is 23.4 Å². The number of carbonyl (C=O) groups is 1. The van der Waals surface area contributed by atoms with Crippen LogP contribution in [0.1, 0.15) is 16.7 Å². The predicted molar refractivity (Wildman–Crippen MR) is 89.8 cm³/mol. The number of hydrogen-bond acceptors (Lipinski definition) is 5. The van der Waals surface area contributed by atoms with Crippen LogP contribution in [-0.2, 0) is 32.5 Å². The Morgan fingerprint density at radius 2 is 1.80 bits per heavy atom. The summed E-state index contributed by atoms with van der Waals surface area (Å²) in [5.41, 5.74) is 1.79. The molecule has 128 valence electrons. The lowest BCUT2D eigenvalue weighted by molar-refractivity contribution is -0.145. The van der Waals surface area contributed by atoms with Gasteiger partial charge in [-0.2, -0.15) is 9.57 Å². The molecule has 1 heterocycles. The molecule has 0 saturated heterocycles. The van der Waals surface area contributed by atoms with Crippen molar-refractivity contribution in [3.63, 3.8) is 0 Å². The molecule has 2 aromatic rings. The van der Waals surface area contributed by atoms with Crippen molar-refractivity contribution in [1.29, 1.82) is 5.26 Å². The highest BCUT2D eigenvalue weighted by Gasteiger charge is 2.40. The van der Waals surface area contributed by atoms with Gasteiger partial charge in [-0.15, -0.1) is 0 Å². The van der Waals surface area contributed by atoms with Crippen molar-refractivity contribution < 1.29 is 17.9 Å². The first-order valence-corrected chi connectivity index (χ1v) is 9.08. The van der Waals surface area contributed by atoms with E-state index in [0.29, 0.717) is 0 Å². The maximum Gasteiger partial charge on any atom is 0.324 e. The second kappa shape index (κ2) is 6.67. The average Bonchev–Trinajstić information content (AvgIpc) is 2.66. The highest BCUT2D eigenvalue weighted by Crippen LogP contribution is 2.30. The van der Waals surface area contributed by atoms with E-state index in [0.717, 1.165) is 15.4 Å². The van der Waals surface area contributed by atoms with E-state index in [4.69, 9.17) is 4.74 Å². The second-order valence-electron chi connectivity index (χ2n) is 5.67. The molecule has 0 saturated carbocycles. The number of benzene rings is 2. The van der Waals surface area contributed by atoms with E-state index in [2.05, 4.69) is 0 Å². The molecule has 1 unspecified atom stereocenters. The molecule has 3 rings (SSSR count). The molecule has 0 fully saturated rings. The second-order valence-corrected chi connectivity index (χ2v) is 7.53. The summed E-state index contributed by atoms with van der Waals surface area (Å²) >= 11 is 0. The number of hydrogen-bond donors (Lipinski definition) is 0. The van der Waals surface area contributed by atoms with Gasteiger partial charge in [-0.1, -0.05) is 36.4 Å². The van der Waals surface area contributed by atoms with Gasteiger partial charge in [-0.3, -0.25) is 4.79 Å². The number of esters is 1. The predicted octanol–water partition coefficient (Wildman–Crippen LogP) is 1.85. The summed E-state index contributed by atoms with van der Waals surface area (Å²) in [5.74, 6) is -0.618. The Morgan fingerprint density at radius 1 is 1.16 bits per heavy atom. The normalized spacial score (nSPS) is 17.4. The number of nitrogens with zero attached hydrogens (tertiary/aromatic N) is 2. The molecular weight excluding hydrogens is 340 g/mol. The molecule has 6 nitrogen and oxygen atoms in total. The number of carbonyl (C=O) groups excluding carboxylic acids is 1. The molecular formula is C18H16N2O4S. The first-order chi connectivity index (χ1) is 12.0. The first-order valence-electron chi connectivity index (χ1n) is 7.64. The lowest BCUT2D eigenvalue weighted by atomic mass is 9.96. The van der Waals surface area contributed by atoms with Gasteiger partial charge in [0.15, 0.2) is 0 Å². The topological polar surface area (TPSA) is 87.5 Å². The van der Waals surface area contributed by atoms with Gasteiger partial charge in [0.25, 0.3) is 0 Å². The zero-order valence-electron chi connectivity index (χ0n) is 13.5. The Morgan fingerprint density at radius 3 is 2.48 bits per heavy atom. The van der Waals surface area contributed by atoms with E-state index in [1.165, 1.54) is 19.2 Å². The molecule has 1 atom stereocenters. The fourth-order valence-corrected chi connectivity index (χ4v) is 4.70. The molecule has 0 bridgehead atoms. The largest absolute Gasteiger partial charge is 0.468 e. The van der Waals surface area contributed by atoms with Gasteiger partial charge in [0.2, 0.25) is 10.0 Å². The Bertz CT molecular complexity index is 963. The molecule has 1 aliphatic heterocycles. The minimum Gasteiger partial charge on any atom is -0.468 e. The number of ether oxygens (including phenoxy) is 1. The number of sulfonamides is 1. The van der Waals surface area contributed by atoms with Crippen molar-refractivity contribution in [2.24, 2.45) is 0 Å². The summed E-state index contributed by atoms with van der Waals surface area (Å²) < 4.78 is 32.3. The molecule has 1 aliphatic rings. The minimum absolute atomic E-state index is 0.0463. The first kappa shape index (κ1) is 17.1. The SMILES string of the molecule is COC(=O)C1Cc2ccccc2CN1S(=O)(=O)c1ccccc1C#N. The van der Waals surface area contributed by atoms with Crippen LogP contribution >= 0.6 is 0 Å². The van der Waals surface area contributed by atoms with Crippen molar-refractivity contribution >= 4 is 16.0 Å². The van der Waals surface area contributed by atoms with Crippen molar-refractivity contribution in [2.75, 3.05) is 7.11 Å². The van der Waals surface area contributed by atoms with E-state index < -0.39 is 22.0 Å². The van der Waals surface area contributed by atoms with Crippen LogP contribution in [0.2, 0.25) is 0 Å². The fraction of sp³-hybridized carbons (Fsp3) is 0.222. The summed E-state index contributed by atoms with van der Waals surface area (Å²) in [4.78, 5) is 12.1. The lowest BCUT2D eigenvalue weighted by Crippen LogP contribution is -2.49. The Labute approximate surface area is 146 Å². The van der Waals surface area contributed by atoms with Crippen LogP contribution in [0.5, 0.6) is 0 Å². The van der Waals surface area contributed by atoms with Gasteiger partial charge >= 0.3 is 5.97 Å². The van der Waals surface area contributed by atoms with Crippen LogP contribution in [0, 0.1) is 11.3 Å². The number of rotatable bonds is 3. The van der Waals surface area contributed by atoms with E-state index >= 15 is 0 Å². The van der Waals surface area contributed by atoms with Crippen LogP contribution in [0.15, 0.2) is 53.4 Å². The zero-order valence-corrected chi connectivity index (χ0v) is 14.4. The standard InChI is InChI=1S/C18H16N2O4S/c1-24-18(21)16-10-13-6-2-3-8-15(13)12-20(16)25(22,23)17-9-5-4-7-14(17)11-19/h2-9,16H,10,12H2,1H3. The van der Waals surface area contributed by atoms with Crippen LogP contribution in [0.4, 0.5) is 0 Å². The highest BCUT2D eigenvalue weighted by atomic mass is 32.2. The summed E-state index contributed by atoms with van der Waals surface area (Å²) in [6.07, 6.45) is 0.233. The number of nitriles is 1. The molecule has 2 aromatic carbocycles. The lowest BCUT2D eigenvalue weighted by Gasteiger charge is -2.34. The van der Waals surface area contributed by atoms with Gasteiger partial charge in [-0.25, -0.2) is 8.42 Å². The van der Waals surface area contributed by atoms with E-state index in [9.17, 15) is 18.5 Å². The molecule has 0 amide bonds. The average molecular weight is 356 g/mol. The fourth-order valence-electron chi connectivity index (χ4n) is 3.00. The zero-order chi connectivity index (χ0) is 18.0. The molecule has 0 aliphatic carbocycles.